The van der Waals surface area contributed by atoms with Crippen LogP contribution in [0.1, 0.15) is 12.5 Å². The highest BCUT2D eigenvalue weighted by molar-refractivity contribution is 6.09. The third kappa shape index (κ3) is 3.95. The van der Waals surface area contributed by atoms with Gasteiger partial charge in [-0.2, -0.15) is 0 Å². The molecule has 0 saturated carbocycles. The molecule has 4 rings (SSSR count). The molecule has 0 bridgehead atoms. The lowest BCUT2D eigenvalue weighted by Gasteiger charge is -2.36. The van der Waals surface area contributed by atoms with E-state index in [9.17, 15) is 23.2 Å². The topological polar surface area (TPSA) is 73.0 Å². The maximum atomic E-state index is 13.2. The van der Waals surface area contributed by atoms with E-state index in [0.29, 0.717) is 31.7 Å². The molecule has 2 saturated heterocycles. The van der Waals surface area contributed by atoms with Gasteiger partial charge in [-0.15, -0.1) is 0 Å². The van der Waals surface area contributed by atoms with E-state index in [1.54, 1.807) is 17.0 Å². The van der Waals surface area contributed by atoms with Crippen LogP contribution in [0.25, 0.3) is 0 Å². The van der Waals surface area contributed by atoms with Crippen LogP contribution in [-0.2, 0) is 15.1 Å². The first kappa shape index (κ1) is 20.8. The van der Waals surface area contributed by atoms with Crippen LogP contribution in [0.2, 0.25) is 0 Å². The molecule has 31 heavy (non-hydrogen) atoms. The molecule has 2 fully saturated rings. The second-order valence-electron chi connectivity index (χ2n) is 7.80. The van der Waals surface area contributed by atoms with Crippen molar-refractivity contribution in [2.24, 2.45) is 0 Å². The minimum Gasteiger partial charge on any atom is -0.368 e. The van der Waals surface area contributed by atoms with Gasteiger partial charge in [-0.1, -0.05) is 12.1 Å². The fourth-order valence-electron chi connectivity index (χ4n) is 3.92. The van der Waals surface area contributed by atoms with Crippen molar-refractivity contribution in [2.45, 2.75) is 12.5 Å². The minimum absolute atomic E-state index is 0.307. The highest BCUT2D eigenvalue weighted by Gasteiger charge is 2.49. The van der Waals surface area contributed by atoms with Crippen molar-refractivity contribution in [3.8, 4) is 0 Å². The van der Waals surface area contributed by atoms with Gasteiger partial charge in [0.05, 0.1) is 0 Å². The first-order valence-corrected chi connectivity index (χ1v) is 9.96. The largest absolute Gasteiger partial charge is 0.368 e. The molecule has 1 atom stereocenters. The average Bonchev–Trinajstić information content (AvgIpc) is 2.98. The van der Waals surface area contributed by atoms with Gasteiger partial charge in [0.2, 0.25) is 5.91 Å². The predicted octanol–water partition coefficient (Wildman–Crippen LogP) is 2.08. The van der Waals surface area contributed by atoms with Crippen LogP contribution in [0.4, 0.5) is 19.3 Å². The van der Waals surface area contributed by atoms with Crippen molar-refractivity contribution >= 4 is 23.5 Å². The molecule has 0 aliphatic carbocycles. The molecule has 162 valence electrons. The first-order chi connectivity index (χ1) is 14.8. The molecule has 7 nitrogen and oxygen atoms in total. The van der Waals surface area contributed by atoms with E-state index >= 15 is 0 Å². The number of nitrogens with one attached hydrogen (secondary N) is 1. The van der Waals surface area contributed by atoms with Crippen LogP contribution in [0.3, 0.4) is 0 Å². The van der Waals surface area contributed by atoms with Gasteiger partial charge in [-0.05, 0) is 48.9 Å². The Labute approximate surface area is 178 Å². The summed E-state index contributed by atoms with van der Waals surface area (Å²) in [4.78, 5) is 42.7. The molecular weight excluding hydrogens is 406 g/mol. The van der Waals surface area contributed by atoms with Gasteiger partial charge < -0.3 is 15.1 Å². The van der Waals surface area contributed by atoms with E-state index in [0.717, 1.165) is 10.6 Å². The zero-order chi connectivity index (χ0) is 22.2. The molecule has 0 radical (unpaired) electrons. The standard InChI is InChI=1S/C22H22F2N4O3/c1-22(15-2-4-16(23)5-3-15)20(30)28(21(31)25-22)14-19(29)27-12-10-26(11-13-27)18-8-6-17(24)7-9-18/h2-9H,10-14H2,1H3,(H,25,31). The summed E-state index contributed by atoms with van der Waals surface area (Å²) < 4.78 is 26.3. The second-order valence-corrected chi connectivity index (χ2v) is 7.80. The normalized spacial score (nSPS) is 21.5. The number of imide groups is 1. The summed E-state index contributed by atoms with van der Waals surface area (Å²) >= 11 is 0. The van der Waals surface area contributed by atoms with Crippen molar-refractivity contribution in [1.29, 1.82) is 0 Å². The summed E-state index contributed by atoms with van der Waals surface area (Å²) in [6, 6.07) is 10.8. The van der Waals surface area contributed by atoms with E-state index in [-0.39, 0.29) is 18.3 Å². The molecule has 2 aliphatic rings. The number of piperazine rings is 1. The number of benzene rings is 2. The van der Waals surface area contributed by atoms with Crippen molar-refractivity contribution in [3.63, 3.8) is 0 Å². The van der Waals surface area contributed by atoms with Crippen LogP contribution in [0, 0.1) is 11.6 Å². The lowest BCUT2D eigenvalue weighted by Crippen LogP contribution is -2.52. The minimum atomic E-state index is -1.35. The molecule has 2 aliphatic heterocycles. The SMILES string of the molecule is CC1(c2ccc(F)cc2)NC(=O)N(CC(=O)N2CCN(c3ccc(F)cc3)CC2)C1=O. The average molecular weight is 428 g/mol. The monoisotopic (exact) mass is 428 g/mol. The summed E-state index contributed by atoms with van der Waals surface area (Å²) in [5, 5.41) is 2.61. The number of carbonyl (C=O) groups is 3. The van der Waals surface area contributed by atoms with Gasteiger partial charge in [0.15, 0.2) is 0 Å². The lowest BCUT2D eigenvalue weighted by atomic mass is 9.92. The smallest absolute Gasteiger partial charge is 0.325 e. The van der Waals surface area contributed by atoms with Crippen molar-refractivity contribution in [3.05, 3.63) is 65.7 Å². The number of halogens is 2. The van der Waals surface area contributed by atoms with Gasteiger partial charge in [-0.3, -0.25) is 14.5 Å². The molecule has 0 spiro atoms. The van der Waals surface area contributed by atoms with Gasteiger partial charge in [0, 0.05) is 31.9 Å². The quantitative estimate of drug-likeness (QED) is 0.757. The van der Waals surface area contributed by atoms with Gasteiger partial charge in [0.25, 0.3) is 5.91 Å². The van der Waals surface area contributed by atoms with E-state index < -0.39 is 23.3 Å². The van der Waals surface area contributed by atoms with Gasteiger partial charge >= 0.3 is 6.03 Å². The molecule has 2 heterocycles. The number of hydrogen-bond acceptors (Lipinski definition) is 4. The Morgan fingerprint density at radius 2 is 1.48 bits per heavy atom. The van der Waals surface area contributed by atoms with E-state index in [1.165, 1.54) is 43.3 Å². The summed E-state index contributed by atoms with van der Waals surface area (Å²) in [7, 11) is 0. The Hall–Kier alpha value is -3.49. The maximum Gasteiger partial charge on any atom is 0.325 e. The molecule has 4 amide bonds. The molecule has 1 unspecified atom stereocenters. The summed E-state index contributed by atoms with van der Waals surface area (Å²) in [6.45, 7) is 3.14. The maximum absolute atomic E-state index is 13.2. The Morgan fingerprint density at radius 1 is 0.935 bits per heavy atom. The molecule has 1 N–H and O–H groups in total. The number of anilines is 1. The highest BCUT2D eigenvalue weighted by Crippen LogP contribution is 2.29. The van der Waals surface area contributed by atoms with Crippen LogP contribution < -0.4 is 10.2 Å². The number of amides is 4. The second kappa shape index (κ2) is 7.98. The zero-order valence-electron chi connectivity index (χ0n) is 17.0. The van der Waals surface area contributed by atoms with Crippen molar-refractivity contribution in [2.75, 3.05) is 37.6 Å². The molecule has 9 heteroatoms. The van der Waals surface area contributed by atoms with E-state index in [2.05, 4.69) is 5.32 Å². The summed E-state index contributed by atoms with van der Waals surface area (Å²) in [5.74, 6) is -1.64. The fraction of sp³-hybridized carbons (Fsp3) is 0.318. The van der Waals surface area contributed by atoms with Crippen LogP contribution in [-0.4, -0.2) is 60.4 Å². The van der Waals surface area contributed by atoms with E-state index in [1.807, 2.05) is 4.90 Å². The van der Waals surface area contributed by atoms with Crippen LogP contribution in [0.15, 0.2) is 48.5 Å². The predicted molar refractivity (Wildman–Crippen MR) is 109 cm³/mol. The summed E-state index contributed by atoms with van der Waals surface area (Å²) in [6.07, 6.45) is 0. The number of carbonyl (C=O) groups excluding carboxylic acids is 3. The molecule has 0 aromatic heterocycles. The van der Waals surface area contributed by atoms with Crippen molar-refractivity contribution in [1.82, 2.24) is 15.1 Å². The Bertz CT molecular complexity index is 1000. The third-order valence-electron chi connectivity index (χ3n) is 5.81. The first-order valence-electron chi connectivity index (χ1n) is 9.96. The molecule has 2 aromatic carbocycles. The van der Waals surface area contributed by atoms with Gasteiger partial charge in [-0.25, -0.2) is 13.6 Å². The van der Waals surface area contributed by atoms with Crippen LogP contribution >= 0.6 is 0 Å². The zero-order valence-corrected chi connectivity index (χ0v) is 17.0. The van der Waals surface area contributed by atoms with E-state index in [4.69, 9.17) is 0 Å². The number of hydrogen-bond donors (Lipinski definition) is 1. The Kier molecular flexibility index (Phi) is 5.34. The number of urea groups is 1. The highest BCUT2D eigenvalue weighted by atomic mass is 19.1. The number of nitrogens with zero attached hydrogens (tertiary/aromatic N) is 3. The molecule has 2 aromatic rings. The Morgan fingerprint density at radius 3 is 2.06 bits per heavy atom. The Balaban J connectivity index is 1.38. The fourth-order valence-corrected chi connectivity index (χ4v) is 3.92. The lowest BCUT2D eigenvalue weighted by molar-refractivity contribution is -0.139. The molecular formula is C22H22F2N4O3. The summed E-state index contributed by atoms with van der Waals surface area (Å²) in [5.41, 5.74) is -0.0421. The number of rotatable bonds is 4. The van der Waals surface area contributed by atoms with Crippen LogP contribution in [0.5, 0.6) is 0 Å². The third-order valence-corrected chi connectivity index (χ3v) is 5.81. The van der Waals surface area contributed by atoms with Gasteiger partial charge in [0.1, 0.15) is 23.7 Å². The van der Waals surface area contributed by atoms with Crippen molar-refractivity contribution < 1.29 is 23.2 Å².